The highest BCUT2D eigenvalue weighted by Gasteiger charge is 2.17. The van der Waals surface area contributed by atoms with E-state index < -0.39 is 0 Å². The Morgan fingerprint density at radius 2 is 1.69 bits per heavy atom. The van der Waals surface area contributed by atoms with Gasteiger partial charge in [0, 0.05) is 27.0 Å². The summed E-state index contributed by atoms with van der Waals surface area (Å²) < 4.78 is 7.40. The number of halogens is 2. The van der Waals surface area contributed by atoms with E-state index >= 15 is 0 Å². The second-order valence-electron chi connectivity index (χ2n) is 6.27. The van der Waals surface area contributed by atoms with Crippen molar-refractivity contribution in [1.82, 2.24) is 14.8 Å². The molecule has 0 bridgehead atoms. The zero-order valence-electron chi connectivity index (χ0n) is 15.5. The van der Waals surface area contributed by atoms with Gasteiger partial charge in [0.15, 0.2) is 11.0 Å². The Morgan fingerprint density at radius 3 is 2.45 bits per heavy atom. The normalized spacial score (nSPS) is 10.9. The zero-order chi connectivity index (χ0) is 20.2. The lowest BCUT2D eigenvalue weighted by atomic mass is 10.2. The van der Waals surface area contributed by atoms with Gasteiger partial charge in [0.25, 0.3) is 0 Å². The number of ether oxygens (including phenoxy) is 1. The average Bonchev–Trinajstić information content (AvgIpc) is 3.17. The van der Waals surface area contributed by atoms with E-state index in [0.717, 1.165) is 44.3 Å². The summed E-state index contributed by atoms with van der Waals surface area (Å²) in [6.45, 7) is 0. The van der Waals surface area contributed by atoms with Crippen LogP contribution >= 0.6 is 35.0 Å². The fourth-order valence-electron chi connectivity index (χ4n) is 2.91. The molecule has 0 unspecified atom stereocenters. The first kappa shape index (κ1) is 19.8. The molecule has 0 aliphatic heterocycles. The quantitative estimate of drug-likeness (QED) is 0.318. The van der Waals surface area contributed by atoms with Crippen LogP contribution < -0.4 is 4.74 Å². The smallest absolute Gasteiger partial charge is 0.196 e. The topological polar surface area (TPSA) is 39.9 Å². The van der Waals surface area contributed by atoms with Crippen LogP contribution in [0.2, 0.25) is 10.0 Å². The van der Waals surface area contributed by atoms with Crippen molar-refractivity contribution in [1.29, 1.82) is 0 Å². The van der Waals surface area contributed by atoms with Gasteiger partial charge in [-0.25, -0.2) is 0 Å². The Bertz CT molecular complexity index is 1130. The van der Waals surface area contributed by atoms with Crippen LogP contribution in [0.5, 0.6) is 5.75 Å². The van der Waals surface area contributed by atoms with E-state index in [2.05, 4.69) is 10.2 Å². The number of aromatic nitrogens is 3. The SMILES string of the molecule is COc1cccc(-c2nnc(SCc3cccc(Cl)c3)n2-c2ccc(Cl)cc2)c1. The van der Waals surface area contributed by atoms with Crippen LogP contribution in [-0.4, -0.2) is 21.9 Å². The molecule has 0 N–H and O–H groups in total. The molecule has 4 rings (SSSR count). The molecule has 0 atom stereocenters. The van der Waals surface area contributed by atoms with Crippen molar-refractivity contribution in [2.75, 3.05) is 7.11 Å². The number of methoxy groups -OCH3 is 1. The molecule has 1 aromatic heterocycles. The number of hydrogen-bond donors (Lipinski definition) is 0. The molecule has 1 heterocycles. The summed E-state index contributed by atoms with van der Waals surface area (Å²) >= 11 is 13.8. The summed E-state index contributed by atoms with van der Waals surface area (Å²) in [5.41, 5.74) is 2.98. The molecule has 0 amide bonds. The number of rotatable bonds is 6. The van der Waals surface area contributed by atoms with Gasteiger partial charge in [-0.05, 0) is 54.1 Å². The van der Waals surface area contributed by atoms with E-state index in [1.165, 1.54) is 0 Å². The number of hydrogen-bond acceptors (Lipinski definition) is 4. The second-order valence-corrected chi connectivity index (χ2v) is 8.08. The third kappa shape index (κ3) is 4.58. The fourth-order valence-corrected chi connectivity index (χ4v) is 4.14. The molecule has 146 valence electrons. The molecule has 7 heteroatoms. The van der Waals surface area contributed by atoms with Gasteiger partial charge in [-0.1, -0.05) is 59.2 Å². The Labute approximate surface area is 183 Å². The van der Waals surface area contributed by atoms with Crippen LogP contribution in [0.4, 0.5) is 0 Å². The molecule has 29 heavy (non-hydrogen) atoms. The summed E-state index contributed by atoms with van der Waals surface area (Å²) in [6.07, 6.45) is 0. The molecule has 0 spiro atoms. The lowest BCUT2D eigenvalue weighted by molar-refractivity contribution is 0.415. The minimum absolute atomic E-state index is 0.679. The van der Waals surface area contributed by atoms with Gasteiger partial charge in [0.05, 0.1) is 7.11 Å². The van der Waals surface area contributed by atoms with Crippen molar-refractivity contribution in [3.63, 3.8) is 0 Å². The van der Waals surface area contributed by atoms with Gasteiger partial charge >= 0.3 is 0 Å². The molecule has 3 aromatic carbocycles. The van der Waals surface area contributed by atoms with E-state index in [-0.39, 0.29) is 0 Å². The van der Waals surface area contributed by atoms with Crippen molar-refractivity contribution in [3.8, 4) is 22.8 Å². The summed E-state index contributed by atoms with van der Waals surface area (Å²) in [4.78, 5) is 0. The summed E-state index contributed by atoms with van der Waals surface area (Å²) in [7, 11) is 1.65. The minimum Gasteiger partial charge on any atom is -0.497 e. The predicted octanol–water partition coefficient (Wildman–Crippen LogP) is 6.54. The molecule has 0 fully saturated rings. The van der Waals surface area contributed by atoms with Crippen LogP contribution in [-0.2, 0) is 5.75 Å². The van der Waals surface area contributed by atoms with Crippen LogP contribution in [0.3, 0.4) is 0 Å². The maximum Gasteiger partial charge on any atom is 0.196 e. The van der Waals surface area contributed by atoms with Crippen LogP contribution in [0.1, 0.15) is 5.56 Å². The minimum atomic E-state index is 0.679. The highest BCUT2D eigenvalue weighted by atomic mass is 35.5. The van der Waals surface area contributed by atoms with Gasteiger partial charge in [-0.3, -0.25) is 4.57 Å². The third-order valence-corrected chi connectivity index (χ3v) is 5.79. The Kier molecular flexibility index (Phi) is 6.09. The Balaban J connectivity index is 1.74. The molecule has 0 aliphatic rings. The van der Waals surface area contributed by atoms with E-state index in [1.807, 2.05) is 77.4 Å². The molecule has 4 nitrogen and oxygen atoms in total. The van der Waals surface area contributed by atoms with Crippen molar-refractivity contribution in [2.24, 2.45) is 0 Å². The first-order chi connectivity index (χ1) is 14.1. The Morgan fingerprint density at radius 1 is 0.897 bits per heavy atom. The maximum atomic E-state index is 6.11. The number of benzene rings is 3. The number of thioether (sulfide) groups is 1. The summed E-state index contributed by atoms with van der Waals surface area (Å²) in [6, 6.07) is 23.2. The van der Waals surface area contributed by atoms with Crippen LogP contribution in [0.25, 0.3) is 17.1 Å². The van der Waals surface area contributed by atoms with Crippen LogP contribution in [0, 0.1) is 0 Å². The summed E-state index contributed by atoms with van der Waals surface area (Å²) in [5.74, 6) is 2.23. The fraction of sp³-hybridized carbons (Fsp3) is 0.0909. The standard InChI is InChI=1S/C22H17Cl2N3OS/c1-28-20-7-3-5-16(13-20)21-25-26-22(27(21)19-10-8-17(23)9-11-19)29-14-15-4-2-6-18(24)12-15/h2-13H,14H2,1H3. The maximum absolute atomic E-state index is 6.11. The van der Waals surface area contributed by atoms with E-state index in [9.17, 15) is 0 Å². The molecule has 0 saturated heterocycles. The monoisotopic (exact) mass is 441 g/mol. The van der Waals surface area contributed by atoms with E-state index in [4.69, 9.17) is 27.9 Å². The van der Waals surface area contributed by atoms with Crippen LogP contribution in [0.15, 0.2) is 78.0 Å². The van der Waals surface area contributed by atoms with Gasteiger partial charge in [0.2, 0.25) is 0 Å². The third-order valence-electron chi connectivity index (χ3n) is 4.30. The average molecular weight is 442 g/mol. The first-order valence-corrected chi connectivity index (χ1v) is 10.6. The van der Waals surface area contributed by atoms with Crippen molar-refractivity contribution in [2.45, 2.75) is 10.9 Å². The van der Waals surface area contributed by atoms with Gasteiger partial charge in [-0.15, -0.1) is 10.2 Å². The Hall–Kier alpha value is -2.47. The van der Waals surface area contributed by atoms with Gasteiger partial charge in [0.1, 0.15) is 5.75 Å². The molecular weight excluding hydrogens is 425 g/mol. The highest BCUT2D eigenvalue weighted by Crippen LogP contribution is 2.31. The molecule has 4 aromatic rings. The van der Waals surface area contributed by atoms with Crippen molar-refractivity contribution >= 4 is 35.0 Å². The highest BCUT2D eigenvalue weighted by molar-refractivity contribution is 7.98. The van der Waals surface area contributed by atoms with Gasteiger partial charge in [-0.2, -0.15) is 0 Å². The number of nitrogens with zero attached hydrogens (tertiary/aromatic N) is 3. The molecule has 0 saturated carbocycles. The zero-order valence-corrected chi connectivity index (χ0v) is 17.9. The lowest BCUT2D eigenvalue weighted by Gasteiger charge is -2.11. The second kappa shape index (κ2) is 8.91. The van der Waals surface area contributed by atoms with Crippen molar-refractivity contribution < 1.29 is 4.74 Å². The first-order valence-electron chi connectivity index (χ1n) is 8.87. The molecular formula is C22H17Cl2N3OS. The van der Waals surface area contributed by atoms with E-state index in [0.29, 0.717) is 5.02 Å². The summed E-state index contributed by atoms with van der Waals surface area (Å²) in [5, 5.41) is 11.1. The largest absolute Gasteiger partial charge is 0.497 e. The molecule has 0 aliphatic carbocycles. The predicted molar refractivity (Wildman–Crippen MR) is 119 cm³/mol. The van der Waals surface area contributed by atoms with Crippen molar-refractivity contribution in [3.05, 3.63) is 88.4 Å². The van der Waals surface area contributed by atoms with Gasteiger partial charge < -0.3 is 4.74 Å². The lowest BCUT2D eigenvalue weighted by Crippen LogP contribution is -2.00. The molecule has 0 radical (unpaired) electrons. The van der Waals surface area contributed by atoms with E-state index in [1.54, 1.807) is 18.9 Å².